The first kappa shape index (κ1) is 10.6. The fraction of sp³-hybridized carbons (Fsp3) is 0.500. The Kier molecular flexibility index (Phi) is 6.07. The molecule has 0 rings (SSSR count). The zero-order valence-corrected chi connectivity index (χ0v) is 7.86. The molecule has 2 N–H and O–H groups in total. The van der Waals surface area contributed by atoms with E-state index in [-0.39, 0.29) is 0 Å². The van der Waals surface area contributed by atoms with Crippen LogP contribution in [0, 0.1) is 0 Å². The predicted molar refractivity (Wildman–Crippen MR) is 50.1 cm³/mol. The third-order valence-electron chi connectivity index (χ3n) is 1.26. The molecule has 0 fully saturated rings. The molecule has 64 valence electrons. The van der Waals surface area contributed by atoms with E-state index in [4.69, 9.17) is 5.14 Å². The molecule has 0 aromatic heterocycles. The average molecular weight is 173 g/mol. The molecule has 0 saturated carbocycles. The van der Waals surface area contributed by atoms with Crippen molar-refractivity contribution in [3.05, 3.63) is 23.1 Å². The Hall–Kier alpha value is -0.410. The van der Waals surface area contributed by atoms with Crippen LogP contribution in [0.15, 0.2) is 23.1 Å². The Bertz CT molecular complexity index is 185. The van der Waals surface area contributed by atoms with Crippen molar-refractivity contribution in [1.82, 2.24) is 0 Å². The van der Waals surface area contributed by atoms with Crippen molar-refractivity contribution in [1.29, 1.82) is 0 Å². The van der Waals surface area contributed by atoms with Crippen molar-refractivity contribution in [2.45, 2.75) is 26.7 Å². The second-order valence-corrected chi connectivity index (χ2v) is 3.47. The van der Waals surface area contributed by atoms with Gasteiger partial charge in [-0.25, -0.2) is 9.35 Å². The second-order valence-electron chi connectivity index (χ2n) is 2.23. The third kappa shape index (κ3) is 6.01. The highest BCUT2D eigenvalue weighted by atomic mass is 32.2. The maximum absolute atomic E-state index is 10.6. The van der Waals surface area contributed by atoms with E-state index < -0.39 is 11.0 Å². The Labute approximate surface area is 70.8 Å². The van der Waals surface area contributed by atoms with Gasteiger partial charge >= 0.3 is 0 Å². The van der Waals surface area contributed by atoms with Crippen LogP contribution in [0.1, 0.15) is 26.7 Å². The topological polar surface area (TPSA) is 43.1 Å². The van der Waals surface area contributed by atoms with Crippen LogP contribution < -0.4 is 5.14 Å². The molecule has 0 heterocycles. The molecule has 0 aliphatic heterocycles. The monoisotopic (exact) mass is 173 g/mol. The molecular weight excluding hydrogens is 158 g/mol. The molecule has 0 spiro atoms. The van der Waals surface area contributed by atoms with Gasteiger partial charge in [0.05, 0.1) is 0 Å². The quantitative estimate of drug-likeness (QED) is 0.648. The summed E-state index contributed by atoms with van der Waals surface area (Å²) in [6.45, 7) is 3.85. The zero-order valence-electron chi connectivity index (χ0n) is 7.04. The minimum atomic E-state index is -1.29. The Morgan fingerprint density at radius 3 is 2.64 bits per heavy atom. The Morgan fingerprint density at radius 1 is 1.55 bits per heavy atom. The molecule has 3 heteroatoms. The molecular formula is C8H15NOS. The summed E-state index contributed by atoms with van der Waals surface area (Å²) >= 11 is 0. The highest BCUT2D eigenvalue weighted by Crippen LogP contribution is 1.98. The smallest absolute Gasteiger partial charge is 0.117 e. The summed E-state index contributed by atoms with van der Waals surface area (Å²) in [5, 5.41) is 5.13. The standard InChI is InChI=1S/C8H15NOS/c1-3-4-5-6-7-8(2)11(9)10/h4-5,7H,3,6,9H2,1-2H3/b5-4-,8-7+. The van der Waals surface area contributed by atoms with Gasteiger partial charge in [0.2, 0.25) is 0 Å². The van der Waals surface area contributed by atoms with Gasteiger partial charge in [-0.2, -0.15) is 0 Å². The number of nitrogens with two attached hydrogens (primary N) is 1. The molecule has 0 aromatic carbocycles. The van der Waals surface area contributed by atoms with Gasteiger partial charge in [0.15, 0.2) is 0 Å². The summed E-state index contributed by atoms with van der Waals surface area (Å²) in [5.41, 5.74) is 0. The molecule has 0 amide bonds. The first-order valence-electron chi connectivity index (χ1n) is 3.66. The zero-order chi connectivity index (χ0) is 8.69. The number of hydrogen-bond donors (Lipinski definition) is 1. The molecule has 0 aliphatic carbocycles. The average Bonchev–Trinajstić information content (AvgIpc) is 1.97. The highest BCUT2D eigenvalue weighted by molar-refractivity contribution is 7.86. The van der Waals surface area contributed by atoms with Crippen LogP contribution >= 0.6 is 0 Å². The van der Waals surface area contributed by atoms with Crippen LogP contribution in [0.5, 0.6) is 0 Å². The highest BCUT2D eigenvalue weighted by Gasteiger charge is 1.90. The van der Waals surface area contributed by atoms with E-state index in [9.17, 15) is 4.21 Å². The van der Waals surface area contributed by atoms with E-state index in [1.165, 1.54) is 0 Å². The molecule has 2 nitrogen and oxygen atoms in total. The van der Waals surface area contributed by atoms with E-state index in [2.05, 4.69) is 13.0 Å². The van der Waals surface area contributed by atoms with Gasteiger partial charge in [0, 0.05) is 4.91 Å². The van der Waals surface area contributed by atoms with Crippen LogP contribution in [-0.4, -0.2) is 4.21 Å². The Balaban J connectivity index is 3.74. The molecule has 0 aromatic rings. The summed E-state index contributed by atoms with van der Waals surface area (Å²) in [7, 11) is -1.29. The molecule has 0 aliphatic rings. The molecule has 1 unspecified atom stereocenters. The minimum Gasteiger partial charge on any atom is -0.248 e. The number of allylic oxidation sites excluding steroid dienone is 4. The fourth-order valence-electron chi connectivity index (χ4n) is 0.579. The van der Waals surface area contributed by atoms with Gasteiger partial charge in [0.25, 0.3) is 0 Å². The van der Waals surface area contributed by atoms with Gasteiger partial charge in [-0.15, -0.1) is 0 Å². The number of rotatable bonds is 4. The van der Waals surface area contributed by atoms with Crippen LogP contribution in [0.2, 0.25) is 0 Å². The first-order chi connectivity index (χ1) is 5.18. The Morgan fingerprint density at radius 2 is 2.18 bits per heavy atom. The minimum absolute atomic E-state index is 0.741. The largest absolute Gasteiger partial charge is 0.248 e. The predicted octanol–water partition coefficient (Wildman–Crippen LogP) is 1.87. The maximum atomic E-state index is 10.6. The normalized spacial score (nSPS) is 15.7. The van der Waals surface area contributed by atoms with Crippen LogP contribution in [-0.2, 0) is 11.0 Å². The maximum Gasteiger partial charge on any atom is 0.117 e. The summed E-state index contributed by atoms with van der Waals surface area (Å²) in [6.07, 6.45) is 7.85. The van der Waals surface area contributed by atoms with Crippen LogP contribution in [0.3, 0.4) is 0 Å². The lowest BCUT2D eigenvalue weighted by molar-refractivity contribution is 0.688. The van der Waals surface area contributed by atoms with Gasteiger partial charge < -0.3 is 0 Å². The van der Waals surface area contributed by atoms with Crippen LogP contribution in [0.25, 0.3) is 0 Å². The SMILES string of the molecule is CC/C=C\C/C=C(\C)S(N)=O. The lowest BCUT2D eigenvalue weighted by Gasteiger charge is -1.91. The van der Waals surface area contributed by atoms with E-state index in [1.807, 2.05) is 12.2 Å². The lowest BCUT2D eigenvalue weighted by atomic mass is 10.3. The van der Waals surface area contributed by atoms with Crippen molar-refractivity contribution in [3.8, 4) is 0 Å². The summed E-state index contributed by atoms with van der Waals surface area (Å²) in [6, 6.07) is 0. The van der Waals surface area contributed by atoms with Gasteiger partial charge in [0.1, 0.15) is 11.0 Å². The molecule has 11 heavy (non-hydrogen) atoms. The molecule has 0 saturated heterocycles. The van der Waals surface area contributed by atoms with Crippen molar-refractivity contribution in [2.75, 3.05) is 0 Å². The molecule has 0 bridgehead atoms. The van der Waals surface area contributed by atoms with Gasteiger partial charge in [-0.1, -0.05) is 25.2 Å². The van der Waals surface area contributed by atoms with E-state index in [1.54, 1.807) is 6.92 Å². The van der Waals surface area contributed by atoms with Crippen molar-refractivity contribution in [3.63, 3.8) is 0 Å². The summed E-state index contributed by atoms with van der Waals surface area (Å²) < 4.78 is 10.6. The van der Waals surface area contributed by atoms with Gasteiger partial charge in [-0.3, -0.25) is 0 Å². The van der Waals surface area contributed by atoms with Crippen molar-refractivity contribution >= 4 is 11.0 Å². The summed E-state index contributed by atoms with van der Waals surface area (Å²) in [5.74, 6) is 0. The number of hydrogen-bond acceptors (Lipinski definition) is 1. The molecule has 1 atom stereocenters. The fourth-order valence-corrected chi connectivity index (χ4v) is 0.840. The first-order valence-corrected chi connectivity index (χ1v) is 4.87. The molecule has 0 radical (unpaired) electrons. The van der Waals surface area contributed by atoms with Crippen LogP contribution in [0.4, 0.5) is 0 Å². The third-order valence-corrected chi connectivity index (χ3v) is 2.06. The van der Waals surface area contributed by atoms with E-state index in [0.29, 0.717) is 0 Å². The lowest BCUT2D eigenvalue weighted by Crippen LogP contribution is -2.02. The second kappa shape index (κ2) is 6.31. The summed E-state index contributed by atoms with van der Waals surface area (Å²) in [4.78, 5) is 0.741. The van der Waals surface area contributed by atoms with Gasteiger partial charge in [-0.05, 0) is 19.8 Å². The van der Waals surface area contributed by atoms with Crippen molar-refractivity contribution in [2.24, 2.45) is 5.14 Å². The van der Waals surface area contributed by atoms with E-state index >= 15 is 0 Å². The van der Waals surface area contributed by atoms with E-state index in [0.717, 1.165) is 17.7 Å². The van der Waals surface area contributed by atoms with Crippen molar-refractivity contribution < 1.29 is 4.21 Å².